The second kappa shape index (κ2) is 6.05. The summed E-state index contributed by atoms with van der Waals surface area (Å²) in [6.45, 7) is 5.95. The van der Waals surface area contributed by atoms with E-state index in [0.29, 0.717) is 0 Å². The molecule has 104 valence electrons. The number of thiophene rings is 1. The van der Waals surface area contributed by atoms with Crippen LogP contribution in [0.2, 0.25) is 0 Å². The van der Waals surface area contributed by atoms with Gasteiger partial charge >= 0.3 is 0 Å². The summed E-state index contributed by atoms with van der Waals surface area (Å²) in [7, 11) is 0. The minimum Gasteiger partial charge on any atom is -0.353 e. The van der Waals surface area contributed by atoms with Crippen molar-refractivity contribution in [2.24, 2.45) is 5.10 Å². The zero-order valence-electron chi connectivity index (χ0n) is 11.6. The van der Waals surface area contributed by atoms with Gasteiger partial charge in [-0.3, -0.25) is 5.01 Å². The van der Waals surface area contributed by atoms with Gasteiger partial charge in [-0.05, 0) is 36.1 Å². The van der Waals surface area contributed by atoms with Gasteiger partial charge in [-0.2, -0.15) is 5.10 Å². The van der Waals surface area contributed by atoms with Gasteiger partial charge in [-0.15, -0.1) is 11.3 Å². The number of pyridine rings is 1. The molecule has 0 saturated carbocycles. The summed E-state index contributed by atoms with van der Waals surface area (Å²) >= 11 is 1.74. The molecule has 3 rings (SSSR count). The minimum absolute atomic E-state index is 0.942. The first-order valence-electron chi connectivity index (χ1n) is 6.82. The number of hydrazone groups is 1. The Kier molecular flexibility index (Phi) is 3.97. The lowest BCUT2D eigenvalue weighted by atomic mass is 10.3. The number of hydrogen-bond acceptors (Lipinski definition) is 5. The van der Waals surface area contributed by atoms with Crippen LogP contribution in [0.3, 0.4) is 0 Å². The van der Waals surface area contributed by atoms with Crippen molar-refractivity contribution in [2.75, 3.05) is 31.1 Å². The summed E-state index contributed by atoms with van der Waals surface area (Å²) in [5.41, 5.74) is 1.30. The molecule has 1 aliphatic heterocycles. The van der Waals surface area contributed by atoms with E-state index in [1.165, 1.54) is 10.4 Å². The van der Waals surface area contributed by atoms with Gasteiger partial charge in [-0.25, -0.2) is 4.98 Å². The van der Waals surface area contributed by atoms with Crippen LogP contribution in [-0.2, 0) is 0 Å². The first kappa shape index (κ1) is 13.1. The third-order valence-electron chi connectivity index (χ3n) is 3.47. The predicted molar refractivity (Wildman–Crippen MR) is 84.7 cm³/mol. The van der Waals surface area contributed by atoms with E-state index in [2.05, 4.69) is 44.4 Å². The van der Waals surface area contributed by atoms with Crippen LogP contribution < -0.4 is 4.90 Å². The zero-order valence-corrected chi connectivity index (χ0v) is 12.4. The Morgan fingerprint density at radius 3 is 2.70 bits per heavy atom. The number of hydrogen-bond donors (Lipinski definition) is 0. The number of aryl methyl sites for hydroxylation is 1. The molecule has 0 bridgehead atoms. The van der Waals surface area contributed by atoms with Gasteiger partial charge in [-0.1, -0.05) is 6.07 Å². The molecule has 0 aliphatic carbocycles. The molecule has 20 heavy (non-hydrogen) atoms. The molecule has 3 heterocycles. The Hall–Kier alpha value is -1.88. The van der Waals surface area contributed by atoms with E-state index in [-0.39, 0.29) is 0 Å². The second-order valence-electron chi connectivity index (χ2n) is 4.84. The van der Waals surface area contributed by atoms with E-state index in [9.17, 15) is 0 Å². The maximum absolute atomic E-state index is 4.59. The van der Waals surface area contributed by atoms with Crippen LogP contribution >= 0.6 is 11.3 Å². The maximum Gasteiger partial charge on any atom is 0.128 e. The van der Waals surface area contributed by atoms with Crippen molar-refractivity contribution in [2.45, 2.75) is 6.92 Å². The van der Waals surface area contributed by atoms with E-state index in [4.69, 9.17) is 0 Å². The molecule has 1 saturated heterocycles. The summed E-state index contributed by atoms with van der Waals surface area (Å²) in [4.78, 5) is 7.95. The van der Waals surface area contributed by atoms with Crippen LogP contribution in [0.15, 0.2) is 40.9 Å². The molecule has 0 unspecified atom stereocenters. The van der Waals surface area contributed by atoms with Crippen molar-refractivity contribution in [3.05, 3.63) is 46.3 Å². The van der Waals surface area contributed by atoms with Crippen LogP contribution in [0, 0.1) is 6.92 Å². The average molecular weight is 286 g/mol. The van der Waals surface area contributed by atoms with E-state index in [1.807, 2.05) is 24.5 Å². The fraction of sp³-hybridized carbons (Fsp3) is 0.333. The summed E-state index contributed by atoms with van der Waals surface area (Å²) in [6.07, 6.45) is 3.83. The van der Waals surface area contributed by atoms with Crippen molar-refractivity contribution < 1.29 is 0 Å². The minimum atomic E-state index is 0.942. The highest BCUT2D eigenvalue weighted by atomic mass is 32.1. The lowest BCUT2D eigenvalue weighted by molar-refractivity contribution is 0.271. The lowest BCUT2D eigenvalue weighted by Crippen LogP contribution is -2.44. The Labute approximate surface area is 123 Å². The number of aromatic nitrogens is 1. The molecule has 1 aliphatic rings. The molecule has 4 nitrogen and oxygen atoms in total. The van der Waals surface area contributed by atoms with Gasteiger partial charge in [0.15, 0.2) is 0 Å². The van der Waals surface area contributed by atoms with Crippen LogP contribution in [0.5, 0.6) is 0 Å². The third kappa shape index (κ3) is 2.99. The van der Waals surface area contributed by atoms with E-state index in [1.54, 1.807) is 11.3 Å². The van der Waals surface area contributed by atoms with Crippen molar-refractivity contribution in [1.82, 2.24) is 9.99 Å². The number of nitrogens with zero attached hydrogens (tertiary/aromatic N) is 4. The third-order valence-corrected chi connectivity index (χ3v) is 4.42. The molecular weight excluding hydrogens is 268 g/mol. The predicted octanol–water partition coefficient (Wildman–Crippen LogP) is 2.61. The fourth-order valence-electron chi connectivity index (χ4n) is 2.23. The molecule has 2 aromatic rings. The SMILES string of the molecule is Cc1ccsc1/C=N/N1CCN(c2ccccn2)CC1. The summed E-state index contributed by atoms with van der Waals surface area (Å²) in [6, 6.07) is 8.18. The molecule has 0 atom stereocenters. The van der Waals surface area contributed by atoms with Crippen molar-refractivity contribution in [3.63, 3.8) is 0 Å². The Bertz CT molecular complexity index is 571. The smallest absolute Gasteiger partial charge is 0.128 e. The monoisotopic (exact) mass is 286 g/mol. The van der Waals surface area contributed by atoms with Gasteiger partial charge < -0.3 is 4.90 Å². The first-order valence-corrected chi connectivity index (χ1v) is 7.70. The number of anilines is 1. The molecular formula is C15H18N4S. The molecule has 0 amide bonds. The highest BCUT2D eigenvalue weighted by Gasteiger charge is 2.16. The molecule has 0 spiro atoms. The molecule has 1 fully saturated rings. The topological polar surface area (TPSA) is 31.7 Å². The lowest BCUT2D eigenvalue weighted by Gasteiger charge is -2.33. The van der Waals surface area contributed by atoms with Crippen molar-refractivity contribution in [3.8, 4) is 0 Å². The Balaban J connectivity index is 1.57. The van der Waals surface area contributed by atoms with E-state index in [0.717, 1.165) is 32.0 Å². The van der Waals surface area contributed by atoms with E-state index >= 15 is 0 Å². The normalized spacial score (nSPS) is 16.1. The van der Waals surface area contributed by atoms with Gasteiger partial charge in [0, 0.05) is 24.2 Å². The van der Waals surface area contributed by atoms with Crippen molar-refractivity contribution >= 4 is 23.4 Å². The van der Waals surface area contributed by atoms with Crippen molar-refractivity contribution in [1.29, 1.82) is 0 Å². The van der Waals surface area contributed by atoms with Crippen LogP contribution in [-0.4, -0.2) is 42.4 Å². The Morgan fingerprint density at radius 1 is 1.20 bits per heavy atom. The Morgan fingerprint density at radius 2 is 2.05 bits per heavy atom. The molecule has 0 aromatic carbocycles. The fourth-order valence-corrected chi connectivity index (χ4v) is 3.01. The molecule has 0 N–H and O–H groups in total. The standard InChI is InChI=1S/C15H18N4S/c1-13-5-11-20-14(13)12-17-19-9-7-18(8-10-19)15-4-2-3-6-16-15/h2-6,11-12H,7-10H2,1H3/b17-12+. The molecule has 0 radical (unpaired) electrons. The van der Waals surface area contributed by atoms with Crippen LogP contribution in [0.1, 0.15) is 10.4 Å². The quantitative estimate of drug-likeness (QED) is 0.813. The highest BCUT2D eigenvalue weighted by Crippen LogP contribution is 2.15. The summed E-state index contributed by atoms with van der Waals surface area (Å²) in [5.74, 6) is 1.06. The van der Waals surface area contributed by atoms with Crippen LogP contribution in [0.4, 0.5) is 5.82 Å². The van der Waals surface area contributed by atoms with Gasteiger partial charge in [0.1, 0.15) is 5.82 Å². The van der Waals surface area contributed by atoms with Gasteiger partial charge in [0.2, 0.25) is 0 Å². The average Bonchev–Trinajstić information content (AvgIpc) is 2.92. The first-order chi connectivity index (χ1) is 9.83. The second-order valence-corrected chi connectivity index (χ2v) is 5.79. The molecule has 5 heteroatoms. The summed E-state index contributed by atoms with van der Waals surface area (Å²) in [5, 5.41) is 8.83. The highest BCUT2D eigenvalue weighted by molar-refractivity contribution is 7.11. The summed E-state index contributed by atoms with van der Waals surface area (Å²) < 4.78 is 0. The number of rotatable bonds is 3. The van der Waals surface area contributed by atoms with Gasteiger partial charge in [0.25, 0.3) is 0 Å². The largest absolute Gasteiger partial charge is 0.353 e. The van der Waals surface area contributed by atoms with E-state index < -0.39 is 0 Å². The van der Waals surface area contributed by atoms with Crippen LogP contribution in [0.25, 0.3) is 0 Å². The zero-order chi connectivity index (χ0) is 13.8. The maximum atomic E-state index is 4.59. The number of piperazine rings is 1. The van der Waals surface area contributed by atoms with Gasteiger partial charge in [0.05, 0.1) is 19.3 Å². The molecule has 2 aromatic heterocycles.